The molecule has 5 nitrogen and oxygen atoms in total. The van der Waals surface area contributed by atoms with E-state index in [2.05, 4.69) is 12.2 Å². The number of nitrogens with one attached hydrogen (secondary N) is 1. The van der Waals surface area contributed by atoms with Crippen molar-refractivity contribution >= 4 is 33.0 Å². The first-order chi connectivity index (χ1) is 13.4. The third-order valence-corrected chi connectivity index (χ3v) is 7.01. The highest BCUT2D eigenvalue weighted by Gasteiger charge is 2.29. The lowest BCUT2D eigenvalue weighted by Crippen LogP contribution is -2.51. The minimum atomic E-state index is -3.53. The smallest absolute Gasteiger partial charge is 0.243 e. The van der Waals surface area contributed by atoms with Crippen molar-refractivity contribution in [3.63, 3.8) is 0 Å². The van der Waals surface area contributed by atoms with Gasteiger partial charge < -0.3 is 10.2 Å². The highest BCUT2D eigenvalue weighted by molar-refractivity contribution is 7.89. The van der Waals surface area contributed by atoms with Crippen LogP contribution in [0.4, 0.5) is 10.1 Å². The maximum Gasteiger partial charge on any atom is 0.243 e. The molecule has 0 amide bonds. The summed E-state index contributed by atoms with van der Waals surface area (Å²) in [6.07, 6.45) is 1.96. The Morgan fingerprint density at radius 1 is 1.07 bits per heavy atom. The molecule has 1 aliphatic heterocycles. The SMILES string of the molecule is CCCc1ccc(S(=O)(=O)N2CCN(C(=S)Nc3ccccc3F)CC2)cc1. The minimum Gasteiger partial charge on any atom is -0.346 e. The first kappa shape index (κ1) is 20.7. The van der Waals surface area contributed by atoms with E-state index in [1.807, 2.05) is 17.0 Å². The lowest BCUT2D eigenvalue weighted by atomic mass is 10.1. The molecule has 0 bridgehead atoms. The molecule has 0 aromatic heterocycles. The standard InChI is InChI=1S/C20H24FN3O2S2/c1-2-5-16-8-10-17(11-9-16)28(25,26)24-14-12-23(13-15-24)20(27)22-19-7-4-3-6-18(19)21/h3-4,6-11H,2,5,12-15H2,1H3,(H,22,27). The van der Waals surface area contributed by atoms with Crippen molar-refractivity contribution in [3.05, 3.63) is 59.9 Å². The van der Waals surface area contributed by atoms with Crippen molar-refractivity contribution in [2.75, 3.05) is 31.5 Å². The summed E-state index contributed by atoms with van der Waals surface area (Å²) in [4.78, 5) is 2.17. The molecule has 0 spiro atoms. The zero-order chi connectivity index (χ0) is 20.1. The molecule has 1 N–H and O–H groups in total. The molecule has 28 heavy (non-hydrogen) atoms. The monoisotopic (exact) mass is 421 g/mol. The van der Waals surface area contributed by atoms with Gasteiger partial charge in [-0.05, 0) is 48.5 Å². The van der Waals surface area contributed by atoms with Crippen LogP contribution in [-0.4, -0.2) is 48.9 Å². The van der Waals surface area contributed by atoms with E-state index in [1.54, 1.807) is 30.3 Å². The Bertz CT molecular complexity index is 925. The van der Waals surface area contributed by atoms with Gasteiger partial charge in [0.25, 0.3) is 0 Å². The van der Waals surface area contributed by atoms with Gasteiger partial charge in [0.1, 0.15) is 5.82 Å². The van der Waals surface area contributed by atoms with Crippen LogP contribution in [0, 0.1) is 5.82 Å². The van der Waals surface area contributed by atoms with Gasteiger partial charge in [0.15, 0.2) is 5.11 Å². The molecular weight excluding hydrogens is 397 g/mol. The largest absolute Gasteiger partial charge is 0.346 e. The molecule has 2 aromatic rings. The zero-order valence-electron chi connectivity index (χ0n) is 15.8. The van der Waals surface area contributed by atoms with Gasteiger partial charge in [0.05, 0.1) is 10.6 Å². The van der Waals surface area contributed by atoms with Gasteiger partial charge in [0.2, 0.25) is 10.0 Å². The molecule has 0 radical (unpaired) electrons. The summed E-state index contributed by atoms with van der Waals surface area (Å²) in [5.74, 6) is -0.377. The van der Waals surface area contributed by atoms with E-state index in [0.717, 1.165) is 18.4 Å². The van der Waals surface area contributed by atoms with Crippen LogP contribution < -0.4 is 5.32 Å². The van der Waals surface area contributed by atoms with E-state index in [4.69, 9.17) is 12.2 Å². The number of hydrogen-bond donors (Lipinski definition) is 1. The molecule has 0 saturated carbocycles. The predicted molar refractivity (Wildman–Crippen MR) is 113 cm³/mol. The fourth-order valence-electron chi connectivity index (χ4n) is 3.15. The maximum absolute atomic E-state index is 13.8. The van der Waals surface area contributed by atoms with Crippen LogP contribution in [0.15, 0.2) is 53.4 Å². The Balaban J connectivity index is 1.61. The fraction of sp³-hybridized carbons (Fsp3) is 0.350. The first-order valence-corrected chi connectivity index (χ1v) is 11.2. The number of nitrogens with zero attached hydrogens (tertiary/aromatic N) is 2. The van der Waals surface area contributed by atoms with Crippen LogP contribution >= 0.6 is 12.2 Å². The molecule has 2 aromatic carbocycles. The van der Waals surface area contributed by atoms with Crippen LogP contribution in [0.5, 0.6) is 0 Å². The van der Waals surface area contributed by atoms with Gasteiger partial charge >= 0.3 is 0 Å². The molecule has 150 valence electrons. The van der Waals surface area contributed by atoms with Gasteiger partial charge in [-0.25, -0.2) is 12.8 Å². The number of rotatable bonds is 5. The second-order valence-corrected chi connectivity index (χ2v) is 9.02. The lowest BCUT2D eigenvalue weighted by molar-refractivity contribution is 0.268. The average Bonchev–Trinajstić information content (AvgIpc) is 2.70. The second kappa shape index (κ2) is 8.98. The second-order valence-electron chi connectivity index (χ2n) is 6.70. The number of halogens is 1. The van der Waals surface area contributed by atoms with Crippen LogP contribution in [0.1, 0.15) is 18.9 Å². The summed E-state index contributed by atoms with van der Waals surface area (Å²) in [6.45, 7) is 3.66. The van der Waals surface area contributed by atoms with Crippen molar-refractivity contribution in [2.24, 2.45) is 0 Å². The average molecular weight is 422 g/mol. The molecule has 1 aliphatic rings. The minimum absolute atomic E-state index is 0.313. The molecule has 8 heteroatoms. The molecule has 0 aliphatic carbocycles. The number of piperazine rings is 1. The number of sulfonamides is 1. The molecule has 1 fully saturated rings. The predicted octanol–water partition coefficient (Wildman–Crippen LogP) is 3.48. The summed E-state index contributed by atoms with van der Waals surface area (Å²) < 4.78 is 41.0. The van der Waals surface area contributed by atoms with E-state index in [1.165, 1.54) is 10.4 Å². The Kier molecular flexibility index (Phi) is 6.64. The third kappa shape index (κ3) is 4.68. The Morgan fingerprint density at radius 2 is 1.71 bits per heavy atom. The van der Waals surface area contributed by atoms with Crippen LogP contribution in [0.2, 0.25) is 0 Å². The summed E-state index contributed by atoms with van der Waals surface area (Å²) in [5, 5.41) is 3.29. The van der Waals surface area contributed by atoms with Crippen molar-refractivity contribution in [2.45, 2.75) is 24.7 Å². The van der Waals surface area contributed by atoms with E-state index in [9.17, 15) is 12.8 Å². The van der Waals surface area contributed by atoms with Gasteiger partial charge in [-0.3, -0.25) is 0 Å². The van der Waals surface area contributed by atoms with Crippen molar-refractivity contribution in [1.29, 1.82) is 0 Å². The van der Waals surface area contributed by atoms with Gasteiger partial charge in [0, 0.05) is 26.2 Å². The molecule has 1 heterocycles. The number of thiocarbonyl (C=S) groups is 1. The normalized spacial score (nSPS) is 15.4. The Labute approximate surface area is 171 Å². The van der Waals surface area contributed by atoms with Gasteiger partial charge in [-0.1, -0.05) is 37.6 Å². The number of anilines is 1. The molecule has 1 saturated heterocycles. The van der Waals surface area contributed by atoms with E-state index in [-0.39, 0.29) is 5.82 Å². The fourth-order valence-corrected chi connectivity index (χ4v) is 4.87. The number of aryl methyl sites for hydroxylation is 1. The van der Waals surface area contributed by atoms with E-state index in [0.29, 0.717) is 41.9 Å². The van der Waals surface area contributed by atoms with Gasteiger partial charge in [-0.2, -0.15) is 4.31 Å². The Hall–Kier alpha value is -2.03. The quantitative estimate of drug-likeness (QED) is 0.749. The zero-order valence-corrected chi connectivity index (χ0v) is 17.4. The lowest BCUT2D eigenvalue weighted by Gasteiger charge is -2.35. The van der Waals surface area contributed by atoms with E-state index < -0.39 is 10.0 Å². The molecular formula is C20H24FN3O2S2. The first-order valence-electron chi connectivity index (χ1n) is 9.31. The Morgan fingerprint density at radius 3 is 2.32 bits per heavy atom. The summed E-state index contributed by atoms with van der Waals surface area (Å²) in [7, 11) is -3.53. The summed E-state index contributed by atoms with van der Waals surface area (Å²) in [6, 6.07) is 13.4. The van der Waals surface area contributed by atoms with Crippen LogP contribution in [0.25, 0.3) is 0 Å². The van der Waals surface area contributed by atoms with Crippen molar-refractivity contribution < 1.29 is 12.8 Å². The maximum atomic E-state index is 13.8. The van der Waals surface area contributed by atoms with Crippen molar-refractivity contribution in [3.8, 4) is 0 Å². The third-order valence-electron chi connectivity index (χ3n) is 4.74. The molecule has 3 rings (SSSR count). The summed E-state index contributed by atoms with van der Waals surface area (Å²) >= 11 is 5.36. The highest BCUT2D eigenvalue weighted by Crippen LogP contribution is 2.20. The number of benzene rings is 2. The molecule has 0 unspecified atom stereocenters. The number of hydrogen-bond acceptors (Lipinski definition) is 3. The topological polar surface area (TPSA) is 52.7 Å². The van der Waals surface area contributed by atoms with Crippen LogP contribution in [-0.2, 0) is 16.4 Å². The number of para-hydroxylation sites is 1. The highest BCUT2D eigenvalue weighted by atomic mass is 32.2. The van der Waals surface area contributed by atoms with Crippen LogP contribution in [0.3, 0.4) is 0 Å². The molecule has 0 atom stereocenters. The van der Waals surface area contributed by atoms with E-state index >= 15 is 0 Å². The summed E-state index contributed by atoms with van der Waals surface area (Å²) in [5.41, 5.74) is 1.45. The van der Waals surface area contributed by atoms with Crippen molar-refractivity contribution in [1.82, 2.24) is 9.21 Å². The van der Waals surface area contributed by atoms with Gasteiger partial charge in [-0.15, -0.1) is 0 Å².